The lowest BCUT2D eigenvalue weighted by molar-refractivity contribution is -0.134. The van der Waals surface area contributed by atoms with Crippen LogP contribution >= 0.6 is 0 Å². The Bertz CT molecular complexity index is 906. The third-order valence-electron chi connectivity index (χ3n) is 3.06. The molecule has 9 nitrogen and oxygen atoms in total. The van der Waals surface area contributed by atoms with Crippen molar-refractivity contribution in [2.75, 3.05) is 14.2 Å². The molecule has 1 aromatic carbocycles. The summed E-state index contributed by atoms with van der Waals surface area (Å²) < 4.78 is 16.8. The van der Waals surface area contributed by atoms with Crippen molar-refractivity contribution < 1.29 is 19.0 Å². The standard InChI is InChI=1S/C15H13N5O4/c1-22-12-9-10(4-8-15(21)23-2)3-5-11(12)24-14-7-6-13-16-18-19-20(13)17-14/h3-9H,1-2H3/b8-4-. The van der Waals surface area contributed by atoms with Gasteiger partial charge in [0.25, 0.3) is 0 Å². The number of ether oxygens (including phenoxy) is 3. The molecule has 0 aliphatic rings. The second-order valence-corrected chi connectivity index (χ2v) is 4.57. The van der Waals surface area contributed by atoms with E-state index in [0.717, 1.165) is 5.56 Å². The van der Waals surface area contributed by atoms with Crippen LogP contribution in [-0.2, 0) is 9.53 Å². The zero-order chi connectivity index (χ0) is 16.9. The van der Waals surface area contributed by atoms with Gasteiger partial charge in [0.1, 0.15) is 0 Å². The van der Waals surface area contributed by atoms with Crippen LogP contribution in [0.5, 0.6) is 17.4 Å². The smallest absolute Gasteiger partial charge is 0.330 e. The molecular weight excluding hydrogens is 314 g/mol. The highest BCUT2D eigenvalue weighted by Crippen LogP contribution is 2.31. The van der Waals surface area contributed by atoms with Crippen LogP contribution in [0, 0.1) is 0 Å². The summed E-state index contributed by atoms with van der Waals surface area (Å²) >= 11 is 0. The maximum absolute atomic E-state index is 11.1. The van der Waals surface area contributed by atoms with Crippen LogP contribution in [-0.4, -0.2) is 45.4 Å². The predicted molar refractivity (Wildman–Crippen MR) is 82.7 cm³/mol. The Kier molecular flexibility index (Phi) is 4.32. The lowest BCUT2D eigenvalue weighted by Crippen LogP contribution is -1.98. The molecule has 0 fully saturated rings. The molecule has 0 saturated heterocycles. The molecule has 0 aliphatic heterocycles. The van der Waals surface area contributed by atoms with Gasteiger partial charge in [-0.1, -0.05) is 6.07 Å². The Morgan fingerprint density at radius 2 is 2.04 bits per heavy atom. The highest BCUT2D eigenvalue weighted by molar-refractivity contribution is 5.87. The van der Waals surface area contributed by atoms with E-state index in [0.29, 0.717) is 23.0 Å². The van der Waals surface area contributed by atoms with Gasteiger partial charge in [0, 0.05) is 12.1 Å². The number of carbonyl (C=O) groups is 1. The van der Waals surface area contributed by atoms with Crippen LogP contribution in [0.25, 0.3) is 11.7 Å². The van der Waals surface area contributed by atoms with Crippen molar-refractivity contribution >= 4 is 17.7 Å². The molecule has 24 heavy (non-hydrogen) atoms. The fourth-order valence-electron chi connectivity index (χ4n) is 1.90. The molecule has 2 aromatic heterocycles. The van der Waals surface area contributed by atoms with E-state index in [2.05, 4.69) is 25.4 Å². The van der Waals surface area contributed by atoms with Crippen LogP contribution in [0.15, 0.2) is 36.4 Å². The molecule has 0 bridgehead atoms. The Morgan fingerprint density at radius 3 is 2.83 bits per heavy atom. The normalized spacial score (nSPS) is 10.9. The molecule has 0 amide bonds. The molecule has 0 aliphatic carbocycles. The molecule has 2 heterocycles. The molecular formula is C15H13N5O4. The Labute approximate surface area is 136 Å². The highest BCUT2D eigenvalue weighted by Gasteiger charge is 2.09. The number of hydrogen-bond acceptors (Lipinski definition) is 8. The summed E-state index contributed by atoms with van der Waals surface area (Å²) in [5.74, 6) is 0.826. The Balaban J connectivity index is 1.84. The minimum Gasteiger partial charge on any atom is -0.493 e. The van der Waals surface area contributed by atoms with E-state index >= 15 is 0 Å². The molecule has 3 rings (SSSR count). The van der Waals surface area contributed by atoms with Gasteiger partial charge in [-0.05, 0) is 40.3 Å². The largest absolute Gasteiger partial charge is 0.493 e. The van der Waals surface area contributed by atoms with Gasteiger partial charge >= 0.3 is 5.97 Å². The maximum Gasteiger partial charge on any atom is 0.330 e. The molecule has 0 unspecified atom stereocenters. The quantitative estimate of drug-likeness (QED) is 0.513. The average Bonchev–Trinajstić information content (AvgIpc) is 3.08. The number of carbonyl (C=O) groups excluding carboxylic acids is 1. The number of rotatable bonds is 5. The van der Waals surface area contributed by atoms with Gasteiger partial charge < -0.3 is 14.2 Å². The van der Waals surface area contributed by atoms with Gasteiger partial charge in [-0.25, -0.2) is 4.79 Å². The van der Waals surface area contributed by atoms with E-state index < -0.39 is 5.97 Å². The zero-order valence-electron chi connectivity index (χ0n) is 12.9. The Morgan fingerprint density at radius 1 is 1.17 bits per heavy atom. The highest BCUT2D eigenvalue weighted by atomic mass is 16.5. The number of methoxy groups -OCH3 is 2. The van der Waals surface area contributed by atoms with Gasteiger partial charge in [-0.2, -0.15) is 0 Å². The fraction of sp³-hybridized carbons (Fsp3) is 0.133. The van der Waals surface area contributed by atoms with E-state index in [1.54, 1.807) is 36.4 Å². The van der Waals surface area contributed by atoms with Crippen LogP contribution in [0.4, 0.5) is 0 Å². The van der Waals surface area contributed by atoms with Gasteiger partial charge in [-0.15, -0.1) is 14.8 Å². The molecule has 3 aromatic rings. The van der Waals surface area contributed by atoms with Crippen LogP contribution in [0.3, 0.4) is 0 Å². The summed E-state index contributed by atoms with van der Waals surface area (Å²) in [4.78, 5) is 11.1. The SMILES string of the molecule is COC(=O)/C=C\c1ccc(Oc2ccc3nnnn3n2)c(OC)c1. The van der Waals surface area contributed by atoms with E-state index in [1.165, 1.54) is 24.9 Å². The first-order chi connectivity index (χ1) is 11.7. The second-order valence-electron chi connectivity index (χ2n) is 4.57. The number of tetrazole rings is 1. The molecule has 0 radical (unpaired) electrons. The minimum absolute atomic E-state index is 0.311. The molecule has 0 saturated carbocycles. The number of esters is 1. The number of benzene rings is 1. The van der Waals surface area contributed by atoms with Crippen molar-refractivity contribution in [3.05, 3.63) is 42.0 Å². The summed E-state index contributed by atoms with van der Waals surface area (Å²) in [7, 11) is 2.84. The van der Waals surface area contributed by atoms with Crippen LogP contribution in [0.1, 0.15) is 5.56 Å². The van der Waals surface area contributed by atoms with Crippen molar-refractivity contribution in [3.8, 4) is 17.4 Å². The molecule has 0 atom stereocenters. The molecule has 0 spiro atoms. The first-order valence-electron chi connectivity index (χ1n) is 6.87. The van der Waals surface area contributed by atoms with Gasteiger partial charge in [0.05, 0.1) is 14.2 Å². The number of fused-ring (bicyclic) bond motifs is 1. The van der Waals surface area contributed by atoms with E-state index in [1.807, 2.05) is 0 Å². The van der Waals surface area contributed by atoms with Crippen molar-refractivity contribution in [1.29, 1.82) is 0 Å². The van der Waals surface area contributed by atoms with E-state index in [-0.39, 0.29) is 0 Å². The second kappa shape index (κ2) is 6.73. The number of hydrogen-bond donors (Lipinski definition) is 0. The summed E-state index contributed by atoms with van der Waals surface area (Å²) in [6, 6.07) is 8.54. The zero-order valence-corrected chi connectivity index (χ0v) is 12.9. The first kappa shape index (κ1) is 15.4. The number of nitrogens with zero attached hydrogens (tertiary/aromatic N) is 5. The monoisotopic (exact) mass is 327 g/mol. The minimum atomic E-state index is -0.437. The van der Waals surface area contributed by atoms with Gasteiger partial charge in [0.2, 0.25) is 5.88 Å². The van der Waals surface area contributed by atoms with Crippen LogP contribution in [0.2, 0.25) is 0 Å². The summed E-state index contributed by atoms with van der Waals surface area (Å²) in [5.41, 5.74) is 1.27. The lowest BCUT2D eigenvalue weighted by Gasteiger charge is -2.10. The van der Waals surface area contributed by atoms with Crippen molar-refractivity contribution in [3.63, 3.8) is 0 Å². The van der Waals surface area contributed by atoms with Gasteiger partial charge in [0.15, 0.2) is 17.1 Å². The van der Waals surface area contributed by atoms with Gasteiger partial charge in [-0.3, -0.25) is 0 Å². The third kappa shape index (κ3) is 3.29. The van der Waals surface area contributed by atoms with Crippen LogP contribution < -0.4 is 9.47 Å². The predicted octanol–water partition coefficient (Wildman–Crippen LogP) is 1.51. The Hall–Kier alpha value is -3.49. The molecule has 122 valence electrons. The molecule has 9 heteroatoms. The number of aromatic nitrogens is 5. The van der Waals surface area contributed by atoms with Crippen molar-refractivity contribution in [2.45, 2.75) is 0 Å². The average molecular weight is 327 g/mol. The molecule has 0 N–H and O–H groups in total. The summed E-state index contributed by atoms with van der Waals surface area (Å²) in [5, 5.41) is 15.1. The topological polar surface area (TPSA) is 101 Å². The maximum atomic E-state index is 11.1. The summed E-state index contributed by atoms with van der Waals surface area (Å²) in [6.45, 7) is 0. The summed E-state index contributed by atoms with van der Waals surface area (Å²) in [6.07, 6.45) is 2.94. The fourth-order valence-corrected chi connectivity index (χ4v) is 1.90. The lowest BCUT2D eigenvalue weighted by atomic mass is 10.2. The van der Waals surface area contributed by atoms with Crippen molar-refractivity contribution in [1.82, 2.24) is 25.3 Å². The van der Waals surface area contributed by atoms with E-state index in [9.17, 15) is 4.79 Å². The van der Waals surface area contributed by atoms with E-state index in [4.69, 9.17) is 9.47 Å². The first-order valence-corrected chi connectivity index (χ1v) is 6.87. The van der Waals surface area contributed by atoms with Crippen molar-refractivity contribution in [2.24, 2.45) is 0 Å². The third-order valence-corrected chi connectivity index (χ3v) is 3.06.